The van der Waals surface area contributed by atoms with E-state index in [-0.39, 0.29) is 5.91 Å². The van der Waals surface area contributed by atoms with Crippen molar-refractivity contribution >= 4 is 11.9 Å². The number of carbonyl (C=O) groups is 1. The van der Waals surface area contributed by atoms with E-state index in [2.05, 4.69) is 20.2 Å². The fourth-order valence-electron chi connectivity index (χ4n) is 2.93. The van der Waals surface area contributed by atoms with Crippen molar-refractivity contribution in [2.45, 2.75) is 6.54 Å². The Hall–Kier alpha value is -3.03. The highest BCUT2D eigenvalue weighted by atomic mass is 16.5. The Kier molecular flexibility index (Phi) is 5.73. The number of hydrogen-bond donors (Lipinski definition) is 1. The number of methoxy groups -OCH3 is 1. The zero-order valence-electron chi connectivity index (χ0n) is 15.0. The quantitative estimate of drug-likeness (QED) is 0.654. The van der Waals surface area contributed by atoms with Crippen molar-refractivity contribution in [3.63, 3.8) is 0 Å². The summed E-state index contributed by atoms with van der Waals surface area (Å²) in [7, 11) is 3.36. The van der Waals surface area contributed by atoms with Gasteiger partial charge in [-0.3, -0.25) is 9.79 Å². The molecule has 0 aromatic carbocycles. The maximum Gasteiger partial charge on any atom is 0.289 e. The fourth-order valence-corrected chi connectivity index (χ4v) is 2.93. The Morgan fingerprint density at radius 1 is 1.27 bits per heavy atom. The number of pyridine rings is 1. The second-order valence-corrected chi connectivity index (χ2v) is 5.83. The topological polar surface area (TPSA) is 83.2 Å². The van der Waals surface area contributed by atoms with E-state index in [0.29, 0.717) is 44.4 Å². The van der Waals surface area contributed by atoms with Crippen LogP contribution in [0.15, 0.2) is 46.1 Å². The van der Waals surface area contributed by atoms with Gasteiger partial charge in [0, 0.05) is 51.5 Å². The number of carbonyl (C=O) groups excluding carboxylic acids is 1. The normalized spacial score (nSPS) is 15.1. The van der Waals surface area contributed by atoms with E-state index in [1.807, 2.05) is 12.1 Å². The predicted octanol–water partition coefficient (Wildman–Crippen LogP) is 1.22. The zero-order chi connectivity index (χ0) is 18.4. The average molecular weight is 357 g/mol. The van der Waals surface area contributed by atoms with Gasteiger partial charge in [0.05, 0.1) is 13.4 Å². The minimum atomic E-state index is -0.0716. The maximum absolute atomic E-state index is 12.3. The van der Waals surface area contributed by atoms with E-state index in [0.717, 1.165) is 11.5 Å². The highest BCUT2D eigenvalue weighted by molar-refractivity contribution is 5.91. The Balaban J connectivity index is 1.55. The van der Waals surface area contributed by atoms with Gasteiger partial charge in [-0.1, -0.05) is 6.07 Å². The van der Waals surface area contributed by atoms with E-state index in [4.69, 9.17) is 9.15 Å². The first kappa shape index (κ1) is 17.8. The summed E-state index contributed by atoms with van der Waals surface area (Å²) in [6.07, 6.45) is 3.22. The van der Waals surface area contributed by atoms with Gasteiger partial charge in [0.15, 0.2) is 11.7 Å². The van der Waals surface area contributed by atoms with E-state index in [1.54, 1.807) is 37.4 Å². The number of hydrogen-bond acceptors (Lipinski definition) is 5. The van der Waals surface area contributed by atoms with Crippen LogP contribution < -0.4 is 10.1 Å². The number of aliphatic imine (C=N–C) groups is 1. The van der Waals surface area contributed by atoms with Gasteiger partial charge in [-0.2, -0.15) is 0 Å². The number of piperazine rings is 1. The SMILES string of the molecule is CN=C(NCc1cccnc1OC)N1CCN(C(=O)c2ccco2)CC1. The largest absolute Gasteiger partial charge is 0.481 e. The summed E-state index contributed by atoms with van der Waals surface area (Å²) in [6.45, 7) is 3.22. The van der Waals surface area contributed by atoms with Gasteiger partial charge in [0.2, 0.25) is 5.88 Å². The van der Waals surface area contributed by atoms with Gasteiger partial charge in [0.25, 0.3) is 5.91 Å². The predicted molar refractivity (Wildman–Crippen MR) is 97.2 cm³/mol. The number of guanidine groups is 1. The Morgan fingerprint density at radius 2 is 2.04 bits per heavy atom. The molecule has 1 fully saturated rings. The third kappa shape index (κ3) is 3.96. The van der Waals surface area contributed by atoms with Crippen LogP contribution in [0, 0.1) is 0 Å². The second kappa shape index (κ2) is 8.37. The molecule has 8 heteroatoms. The third-order valence-electron chi connectivity index (χ3n) is 4.29. The summed E-state index contributed by atoms with van der Waals surface area (Å²) in [5.41, 5.74) is 0.961. The molecule has 1 saturated heterocycles. The molecule has 2 aromatic rings. The van der Waals surface area contributed by atoms with Crippen molar-refractivity contribution in [3.05, 3.63) is 48.0 Å². The van der Waals surface area contributed by atoms with Gasteiger partial charge in [-0.05, 0) is 18.2 Å². The molecule has 0 radical (unpaired) electrons. The lowest BCUT2D eigenvalue weighted by molar-refractivity contribution is 0.0657. The first-order chi connectivity index (χ1) is 12.7. The van der Waals surface area contributed by atoms with Crippen molar-refractivity contribution in [2.24, 2.45) is 4.99 Å². The molecule has 0 bridgehead atoms. The van der Waals surface area contributed by atoms with Crippen LogP contribution in [0.25, 0.3) is 0 Å². The lowest BCUT2D eigenvalue weighted by atomic mass is 10.2. The monoisotopic (exact) mass is 357 g/mol. The first-order valence-corrected chi connectivity index (χ1v) is 8.49. The Labute approximate surface area is 152 Å². The number of amides is 1. The number of aromatic nitrogens is 1. The molecule has 8 nitrogen and oxygen atoms in total. The first-order valence-electron chi connectivity index (χ1n) is 8.49. The molecule has 0 spiro atoms. The average Bonchev–Trinajstić information content (AvgIpc) is 3.23. The lowest BCUT2D eigenvalue weighted by Gasteiger charge is -2.36. The summed E-state index contributed by atoms with van der Waals surface area (Å²) < 4.78 is 10.5. The third-order valence-corrected chi connectivity index (χ3v) is 4.29. The second-order valence-electron chi connectivity index (χ2n) is 5.83. The standard InChI is InChI=1S/C18H23N5O3/c1-19-18(21-13-14-5-3-7-20-16(14)25-2)23-10-8-22(9-11-23)17(24)15-6-4-12-26-15/h3-7,12H,8-11,13H2,1-2H3,(H,19,21). The van der Waals surface area contributed by atoms with Gasteiger partial charge >= 0.3 is 0 Å². The summed E-state index contributed by atoms with van der Waals surface area (Å²) in [6, 6.07) is 7.26. The minimum absolute atomic E-state index is 0.0716. The van der Waals surface area contributed by atoms with Crippen LogP contribution in [0.2, 0.25) is 0 Å². The van der Waals surface area contributed by atoms with E-state index in [9.17, 15) is 4.79 Å². The van der Waals surface area contributed by atoms with Crippen LogP contribution in [0.1, 0.15) is 16.1 Å². The number of furan rings is 1. The highest BCUT2D eigenvalue weighted by Crippen LogP contribution is 2.14. The summed E-state index contributed by atoms with van der Waals surface area (Å²) in [5.74, 6) is 1.70. The van der Waals surface area contributed by atoms with Gasteiger partial charge in [0.1, 0.15) is 0 Å². The van der Waals surface area contributed by atoms with Crippen LogP contribution in [-0.4, -0.2) is 67.0 Å². The van der Waals surface area contributed by atoms with Crippen molar-refractivity contribution in [1.82, 2.24) is 20.1 Å². The van der Waals surface area contributed by atoms with Crippen LogP contribution in [0.3, 0.4) is 0 Å². The van der Waals surface area contributed by atoms with E-state index in [1.165, 1.54) is 6.26 Å². The maximum atomic E-state index is 12.3. The molecule has 0 saturated carbocycles. The number of nitrogens with zero attached hydrogens (tertiary/aromatic N) is 4. The lowest BCUT2D eigenvalue weighted by Crippen LogP contribution is -2.53. The molecule has 3 heterocycles. The van der Waals surface area contributed by atoms with Crippen LogP contribution in [0.4, 0.5) is 0 Å². The molecule has 1 aliphatic heterocycles. The molecular formula is C18H23N5O3. The molecule has 0 atom stereocenters. The van der Waals surface area contributed by atoms with Crippen LogP contribution in [-0.2, 0) is 6.54 Å². The molecule has 3 rings (SSSR count). The molecule has 1 amide bonds. The summed E-state index contributed by atoms with van der Waals surface area (Å²) in [4.78, 5) is 24.8. The minimum Gasteiger partial charge on any atom is -0.481 e. The molecule has 138 valence electrons. The van der Waals surface area contributed by atoms with Crippen LogP contribution >= 0.6 is 0 Å². The molecule has 1 aliphatic rings. The van der Waals surface area contributed by atoms with Gasteiger partial charge in [-0.25, -0.2) is 4.98 Å². The number of rotatable bonds is 4. The van der Waals surface area contributed by atoms with Crippen LogP contribution in [0.5, 0.6) is 5.88 Å². The Morgan fingerprint density at radius 3 is 2.69 bits per heavy atom. The van der Waals surface area contributed by atoms with Crippen molar-refractivity contribution in [1.29, 1.82) is 0 Å². The van der Waals surface area contributed by atoms with Gasteiger partial charge < -0.3 is 24.3 Å². The van der Waals surface area contributed by atoms with Crippen molar-refractivity contribution in [2.75, 3.05) is 40.3 Å². The molecule has 26 heavy (non-hydrogen) atoms. The highest BCUT2D eigenvalue weighted by Gasteiger charge is 2.25. The van der Waals surface area contributed by atoms with E-state index < -0.39 is 0 Å². The van der Waals surface area contributed by atoms with E-state index >= 15 is 0 Å². The number of nitrogens with one attached hydrogen (secondary N) is 1. The van der Waals surface area contributed by atoms with Crippen molar-refractivity contribution in [3.8, 4) is 5.88 Å². The molecule has 1 N–H and O–H groups in total. The summed E-state index contributed by atoms with van der Waals surface area (Å²) in [5, 5.41) is 3.34. The molecule has 2 aromatic heterocycles. The smallest absolute Gasteiger partial charge is 0.289 e. The molecule has 0 unspecified atom stereocenters. The zero-order valence-corrected chi connectivity index (χ0v) is 15.0. The van der Waals surface area contributed by atoms with Gasteiger partial charge in [-0.15, -0.1) is 0 Å². The molecular weight excluding hydrogens is 334 g/mol. The fraction of sp³-hybridized carbons (Fsp3) is 0.389. The summed E-state index contributed by atoms with van der Waals surface area (Å²) >= 11 is 0. The molecule has 0 aliphatic carbocycles. The Bertz CT molecular complexity index is 752. The number of ether oxygens (including phenoxy) is 1. The van der Waals surface area contributed by atoms with Crippen molar-refractivity contribution < 1.29 is 13.9 Å².